The van der Waals surface area contributed by atoms with Gasteiger partial charge in [0.25, 0.3) is 0 Å². The lowest BCUT2D eigenvalue weighted by Gasteiger charge is -2.04. The van der Waals surface area contributed by atoms with Crippen molar-refractivity contribution in [2.45, 2.75) is 26.3 Å². The lowest BCUT2D eigenvalue weighted by atomic mass is 10.1. The third-order valence-corrected chi connectivity index (χ3v) is 2.20. The maximum atomic E-state index is 4.49. The van der Waals surface area contributed by atoms with Gasteiger partial charge in [-0.1, -0.05) is 6.08 Å². The number of rotatable bonds is 0. The Hall–Kier alpha value is -0.590. The molecule has 48 valence electrons. The molecule has 1 heterocycles. The van der Waals surface area contributed by atoms with Crippen molar-refractivity contribution < 1.29 is 0 Å². The first-order chi connectivity index (χ1) is 4.27. The van der Waals surface area contributed by atoms with Crippen molar-refractivity contribution in [3.05, 3.63) is 11.6 Å². The van der Waals surface area contributed by atoms with Crippen LogP contribution in [-0.4, -0.2) is 11.8 Å². The van der Waals surface area contributed by atoms with Gasteiger partial charge in [-0.2, -0.15) is 0 Å². The summed E-state index contributed by atoms with van der Waals surface area (Å²) >= 11 is 0. The van der Waals surface area contributed by atoms with Crippen LogP contribution in [0.4, 0.5) is 0 Å². The van der Waals surface area contributed by atoms with E-state index in [-0.39, 0.29) is 0 Å². The van der Waals surface area contributed by atoms with Crippen LogP contribution in [0, 0.1) is 5.92 Å². The predicted octanol–water partition coefficient (Wildman–Crippen LogP) is 1.80. The van der Waals surface area contributed by atoms with E-state index in [1.54, 1.807) is 0 Å². The summed E-state index contributed by atoms with van der Waals surface area (Å²) in [4.78, 5) is 4.49. The molecule has 0 spiro atoms. The highest BCUT2D eigenvalue weighted by molar-refractivity contribution is 5.98. The van der Waals surface area contributed by atoms with Gasteiger partial charge in [-0.3, -0.25) is 4.99 Å². The van der Waals surface area contributed by atoms with Gasteiger partial charge in [-0.05, 0) is 25.8 Å². The Morgan fingerprint density at radius 2 is 2.33 bits per heavy atom. The lowest BCUT2D eigenvalue weighted by molar-refractivity contribution is 0.947. The highest BCUT2D eigenvalue weighted by atomic mass is 14.9. The van der Waals surface area contributed by atoms with Gasteiger partial charge in [0.05, 0.1) is 6.04 Å². The van der Waals surface area contributed by atoms with Gasteiger partial charge in [0, 0.05) is 11.6 Å². The van der Waals surface area contributed by atoms with Crippen molar-refractivity contribution in [1.29, 1.82) is 0 Å². The Morgan fingerprint density at radius 1 is 1.56 bits per heavy atom. The van der Waals surface area contributed by atoms with Crippen LogP contribution in [0.1, 0.15) is 20.3 Å². The van der Waals surface area contributed by atoms with Crippen molar-refractivity contribution in [1.82, 2.24) is 0 Å². The number of nitrogens with zero attached hydrogens (tertiary/aromatic N) is 1. The largest absolute Gasteiger partial charge is 0.286 e. The first-order valence-electron chi connectivity index (χ1n) is 3.50. The average molecular weight is 121 g/mol. The van der Waals surface area contributed by atoms with Crippen LogP contribution in [0.15, 0.2) is 16.6 Å². The normalized spacial score (nSPS) is 38.9. The van der Waals surface area contributed by atoms with E-state index in [2.05, 4.69) is 24.9 Å². The molecule has 2 rings (SSSR count). The molecule has 1 aliphatic carbocycles. The van der Waals surface area contributed by atoms with Crippen molar-refractivity contribution in [2.24, 2.45) is 10.9 Å². The number of hydrogen-bond donors (Lipinski definition) is 0. The van der Waals surface area contributed by atoms with Crippen LogP contribution in [0.3, 0.4) is 0 Å². The molecule has 0 amide bonds. The van der Waals surface area contributed by atoms with Crippen molar-refractivity contribution in [2.75, 3.05) is 0 Å². The zero-order valence-electron chi connectivity index (χ0n) is 5.89. The first kappa shape index (κ1) is 5.21. The van der Waals surface area contributed by atoms with E-state index in [9.17, 15) is 0 Å². The zero-order chi connectivity index (χ0) is 6.43. The summed E-state index contributed by atoms with van der Waals surface area (Å²) in [6, 6.07) is 0.675. The SMILES string of the molecule is CC1=CC2CC2N=C1C. The highest BCUT2D eigenvalue weighted by Crippen LogP contribution is 2.39. The number of aliphatic imine (C=N–C) groups is 1. The van der Waals surface area contributed by atoms with Crippen LogP contribution >= 0.6 is 0 Å². The summed E-state index contributed by atoms with van der Waals surface area (Å²) in [5.74, 6) is 0.814. The van der Waals surface area contributed by atoms with Crippen LogP contribution in [-0.2, 0) is 0 Å². The minimum Gasteiger partial charge on any atom is -0.286 e. The fourth-order valence-corrected chi connectivity index (χ4v) is 1.32. The molecule has 1 heteroatoms. The second-order valence-electron chi connectivity index (χ2n) is 3.03. The quantitative estimate of drug-likeness (QED) is 0.463. The highest BCUT2D eigenvalue weighted by Gasteiger charge is 2.37. The lowest BCUT2D eigenvalue weighted by Crippen LogP contribution is -2.01. The molecule has 9 heavy (non-hydrogen) atoms. The van der Waals surface area contributed by atoms with Crippen molar-refractivity contribution >= 4 is 5.71 Å². The van der Waals surface area contributed by atoms with E-state index < -0.39 is 0 Å². The van der Waals surface area contributed by atoms with E-state index in [0.717, 1.165) is 5.92 Å². The molecule has 1 nitrogen and oxygen atoms in total. The molecule has 2 atom stereocenters. The molecule has 1 fully saturated rings. The molecule has 0 bridgehead atoms. The maximum Gasteiger partial charge on any atom is 0.0572 e. The second-order valence-corrected chi connectivity index (χ2v) is 3.03. The van der Waals surface area contributed by atoms with Crippen LogP contribution in [0.2, 0.25) is 0 Å². The molecule has 0 radical (unpaired) electrons. The van der Waals surface area contributed by atoms with Gasteiger partial charge in [-0.25, -0.2) is 0 Å². The molecule has 0 saturated heterocycles. The summed E-state index contributed by atoms with van der Waals surface area (Å²) in [7, 11) is 0. The molecule has 0 aromatic rings. The Kier molecular flexibility index (Phi) is 0.850. The molecule has 1 aliphatic heterocycles. The van der Waals surface area contributed by atoms with Crippen LogP contribution < -0.4 is 0 Å². The van der Waals surface area contributed by atoms with Gasteiger partial charge in [0.1, 0.15) is 0 Å². The minimum atomic E-state index is 0.675. The number of hydrogen-bond acceptors (Lipinski definition) is 1. The fourth-order valence-electron chi connectivity index (χ4n) is 1.32. The molecule has 2 aliphatic rings. The molecule has 0 aromatic carbocycles. The molecule has 0 aromatic heterocycles. The Bertz CT molecular complexity index is 179. The van der Waals surface area contributed by atoms with Crippen molar-refractivity contribution in [3.63, 3.8) is 0 Å². The molecule has 2 unspecified atom stereocenters. The summed E-state index contributed by atoms with van der Waals surface area (Å²) in [6.45, 7) is 4.24. The summed E-state index contributed by atoms with van der Waals surface area (Å²) in [6.07, 6.45) is 3.65. The average Bonchev–Trinajstić information content (AvgIpc) is 2.46. The molecule has 0 N–H and O–H groups in total. The van der Waals surface area contributed by atoms with Gasteiger partial charge >= 0.3 is 0 Å². The van der Waals surface area contributed by atoms with Gasteiger partial charge in [0.2, 0.25) is 0 Å². The third-order valence-electron chi connectivity index (χ3n) is 2.20. The van der Waals surface area contributed by atoms with Gasteiger partial charge in [-0.15, -0.1) is 0 Å². The standard InChI is InChI=1S/C8H11N/c1-5-3-7-4-8(7)9-6(5)2/h3,7-8H,4H2,1-2H3. The maximum absolute atomic E-state index is 4.49. The first-order valence-corrected chi connectivity index (χ1v) is 3.50. The van der Waals surface area contributed by atoms with E-state index in [4.69, 9.17) is 0 Å². The minimum absolute atomic E-state index is 0.675. The number of fused-ring (bicyclic) bond motifs is 1. The topological polar surface area (TPSA) is 12.4 Å². The van der Waals surface area contributed by atoms with Gasteiger partial charge < -0.3 is 0 Å². The zero-order valence-corrected chi connectivity index (χ0v) is 5.89. The predicted molar refractivity (Wildman–Crippen MR) is 38.8 cm³/mol. The monoisotopic (exact) mass is 121 g/mol. The van der Waals surface area contributed by atoms with E-state index in [1.165, 1.54) is 17.7 Å². The second kappa shape index (κ2) is 1.47. The van der Waals surface area contributed by atoms with Crippen LogP contribution in [0.25, 0.3) is 0 Å². The third kappa shape index (κ3) is 0.716. The van der Waals surface area contributed by atoms with Crippen molar-refractivity contribution in [3.8, 4) is 0 Å². The number of allylic oxidation sites excluding steroid dienone is 1. The fraction of sp³-hybridized carbons (Fsp3) is 0.625. The smallest absolute Gasteiger partial charge is 0.0572 e. The number of dihydropyridines is 1. The molecular weight excluding hydrogens is 110 g/mol. The van der Waals surface area contributed by atoms with E-state index in [0.29, 0.717) is 6.04 Å². The van der Waals surface area contributed by atoms with Crippen LogP contribution in [0.5, 0.6) is 0 Å². The Balaban J connectivity index is 2.32. The Morgan fingerprint density at radius 3 is 3.00 bits per heavy atom. The summed E-state index contributed by atoms with van der Waals surface area (Å²) in [5, 5.41) is 0. The Labute approximate surface area is 55.5 Å². The summed E-state index contributed by atoms with van der Waals surface area (Å²) < 4.78 is 0. The molecular formula is C8H11N. The van der Waals surface area contributed by atoms with E-state index >= 15 is 0 Å². The molecule has 1 saturated carbocycles. The summed E-state index contributed by atoms with van der Waals surface area (Å²) in [5.41, 5.74) is 2.63. The van der Waals surface area contributed by atoms with E-state index in [1.807, 2.05) is 0 Å². The van der Waals surface area contributed by atoms with Gasteiger partial charge in [0.15, 0.2) is 0 Å².